The van der Waals surface area contributed by atoms with Crippen molar-refractivity contribution >= 4 is 37.8 Å². The average molecular weight is 409 g/mol. The quantitative estimate of drug-likeness (QED) is 0.732. The average Bonchev–Trinajstić information content (AvgIpc) is 2.33. The maximum atomic E-state index is 11.6. The SMILES string of the molecule is CCOC(=O)C(C)Oc1c(Br)cc(CC(C)N)cc1Br. The summed E-state index contributed by atoms with van der Waals surface area (Å²) >= 11 is 6.91. The molecular formula is C14H19Br2NO3. The first-order chi connectivity index (χ1) is 9.35. The molecule has 0 bridgehead atoms. The van der Waals surface area contributed by atoms with Gasteiger partial charge in [-0.1, -0.05) is 0 Å². The summed E-state index contributed by atoms with van der Waals surface area (Å²) in [5.41, 5.74) is 6.89. The van der Waals surface area contributed by atoms with Crippen molar-refractivity contribution in [2.75, 3.05) is 6.61 Å². The molecule has 112 valence electrons. The lowest BCUT2D eigenvalue weighted by Gasteiger charge is -2.17. The van der Waals surface area contributed by atoms with Gasteiger partial charge in [-0.15, -0.1) is 0 Å². The van der Waals surface area contributed by atoms with E-state index < -0.39 is 6.10 Å². The van der Waals surface area contributed by atoms with E-state index in [-0.39, 0.29) is 12.0 Å². The van der Waals surface area contributed by atoms with Crippen molar-refractivity contribution in [3.8, 4) is 5.75 Å². The van der Waals surface area contributed by atoms with E-state index in [4.69, 9.17) is 15.2 Å². The summed E-state index contributed by atoms with van der Waals surface area (Å²) in [6.45, 7) is 5.71. The lowest BCUT2D eigenvalue weighted by atomic mass is 10.1. The zero-order valence-corrected chi connectivity index (χ0v) is 15.0. The first kappa shape index (κ1) is 17.5. The van der Waals surface area contributed by atoms with Gasteiger partial charge < -0.3 is 15.2 Å². The number of hydrogen-bond donors (Lipinski definition) is 1. The molecule has 0 saturated heterocycles. The van der Waals surface area contributed by atoms with Crippen molar-refractivity contribution in [2.24, 2.45) is 5.73 Å². The zero-order valence-electron chi connectivity index (χ0n) is 11.8. The minimum Gasteiger partial charge on any atom is -0.477 e. The largest absolute Gasteiger partial charge is 0.477 e. The fourth-order valence-electron chi connectivity index (χ4n) is 1.70. The molecule has 0 amide bonds. The maximum absolute atomic E-state index is 11.6. The first-order valence-corrected chi connectivity index (χ1v) is 8.00. The fraction of sp³-hybridized carbons (Fsp3) is 0.500. The Labute approximate surface area is 136 Å². The highest BCUT2D eigenvalue weighted by molar-refractivity contribution is 9.11. The minimum absolute atomic E-state index is 0.0824. The lowest BCUT2D eigenvalue weighted by Crippen LogP contribution is -2.26. The number of rotatable bonds is 6. The molecule has 2 unspecified atom stereocenters. The Morgan fingerprint density at radius 1 is 1.30 bits per heavy atom. The molecule has 0 radical (unpaired) electrons. The van der Waals surface area contributed by atoms with Gasteiger partial charge in [0.25, 0.3) is 0 Å². The van der Waals surface area contributed by atoms with Gasteiger partial charge in [0.15, 0.2) is 6.10 Å². The molecule has 0 spiro atoms. The molecule has 0 aliphatic carbocycles. The van der Waals surface area contributed by atoms with Gasteiger partial charge in [-0.05, 0) is 76.7 Å². The highest BCUT2D eigenvalue weighted by atomic mass is 79.9. The Hall–Kier alpha value is -0.590. The normalized spacial score (nSPS) is 13.7. The second-order valence-corrected chi connectivity index (χ2v) is 6.29. The van der Waals surface area contributed by atoms with Crippen molar-refractivity contribution in [1.29, 1.82) is 0 Å². The van der Waals surface area contributed by atoms with Crippen molar-refractivity contribution in [1.82, 2.24) is 0 Å². The van der Waals surface area contributed by atoms with Crippen molar-refractivity contribution in [3.05, 3.63) is 26.6 Å². The van der Waals surface area contributed by atoms with Gasteiger partial charge in [0.05, 0.1) is 15.6 Å². The van der Waals surface area contributed by atoms with Crippen LogP contribution in [0.4, 0.5) is 0 Å². The molecule has 0 aliphatic rings. The summed E-state index contributed by atoms with van der Waals surface area (Å²) in [5.74, 6) is 0.199. The fourth-order valence-corrected chi connectivity index (χ4v) is 3.17. The van der Waals surface area contributed by atoms with Gasteiger partial charge in [0, 0.05) is 6.04 Å². The number of carbonyl (C=O) groups excluding carboxylic acids is 1. The summed E-state index contributed by atoms with van der Waals surface area (Å²) in [6, 6.07) is 3.97. The molecule has 0 aromatic heterocycles. The topological polar surface area (TPSA) is 61.5 Å². The van der Waals surface area contributed by atoms with Gasteiger partial charge in [-0.3, -0.25) is 0 Å². The van der Waals surface area contributed by atoms with Gasteiger partial charge in [-0.25, -0.2) is 4.79 Å². The van der Waals surface area contributed by atoms with Crippen LogP contribution < -0.4 is 10.5 Å². The van der Waals surface area contributed by atoms with Crippen LogP contribution >= 0.6 is 31.9 Å². The third kappa shape index (κ3) is 5.07. The lowest BCUT2D eigenvalue weighted by molar-refractivity contribution is -0.150. The second kappa shape index (κ2) is 8.00. The van der Waals surface area contributed by atoms with Gasteiger partial charge in [0.2, 0.25) is 0 Å². The molecule has 1 aromatic rings. The summed E-state index contributed by atoms with van der Waals surface area (Å²) in [4.78, 5) is 11.6. The third-order valence-corrected chi connectivity index (χ3v) is 3.71. The van der Waals surface area contributed by atoms with E-state index in [2.05, 4.69) is 31.9 Å². The first-order valence-electron chi connectivity index (χ1n) is 6.42. The summed E-state index contributed by atoms with van der Waals surface area (Å²) < 4.78 is 12.1. The molecule has 1 aromatic carbocycles. The minimum atomic E-state index is -0.665. The van der Waals surface area contributed by atoms with E-state index in [1.807, 2.05) is 19.1 Å². The van der Waals surface area contributed by atoms with Crippen molar-refractivity contribution < 1.29 is 14.3 Å². The van der Waals surface area contributed by atoms with Crippen LogP contribution in [0.3, 0.4) is 0 Å². The molecule has 0 saturated carbocycles. The van der Waals surface area contributed by atoms with Gasteiger partial charge >= 0.3 is 5.97 Å². The summed E-state index contributed by atoms with van der Waals surface area (Å²) in [6.07, 6.45) is 0.104. The van der Waals surface area contributed by atoms with Crippen LogP contribution in [0.2, 0.25) is 0 Å². The van der Waals surface area contributed by atoms with Crippen LogP contribution in [0, 0.1) is 0 Å². The summed E-state index contributed by atoms with van der Waals surface area (Å²) in [5, 5.41) is 0. The van der Waals surface area contributed by atoms with E-state index in [1.54, 1.807) is 13.8 Å². The number of esters is 1. The van der Waals surface area contributed by atoms with Crippen molar-refractivity contribution in [2.45, 2.75) is 39.3 Å². The monoisotopic (exact) mass is 407 g/mol. The van der Waals surface area contributed by atoms with Gasteiger partial charge in [-0.2, -0.15) is 0 Å². The van der Waals surface area contributed by atoms with Gasteiger partial charge in [0.1, 0.15) is 5.75 Å². The predicted molar refractivity (Wildman–Crippen MR) is 85.9 cm³/mol. The summed E-state index contributed by atoms with van der Waals surface area (Å²) in [7, 11) is 0. The second-order valence-electron chi connectivity index (χ2n) is 4.58. The highest BCUT2D eigenvalue weighted by Gasteiger charge is 2.19. The standard InChI is InChI=1S/C14H19Br2NO3/c1-4-19-14(18)9(3)20-13-11(15)6-10(5-8(2)17)7-12(13)16/h6-9H,4-5,17H2,1-3H3. The van der Waals surface area contributed by atoms with Crippen LogP contribution in [0.1, 0.15) is 26.3 Å². The maximum Gasteiger partial charge on any atom is 0.347 e. The molecular weight excluding hydrogens is 390 g/mol. The van der Waals surface area contributed by atoms with Crippen LogP contribution in [-0.4, -0.2) is 24.7 Å². The zero-order chi connectivity index (χ0) is 15.3. The number of nitrogens with two attached hydrogens (primary N) is 1. The third-order valence-electron chi connectivity index (χ3n) is 2.53. The van der Waals surface area contributed by atoms with E-state index in [0.29, 0.717) is 12.4 Å². The molecule has 0 fully saturated rings. The van der Waals surface area contributed by atoms with Crippen LogP contribution in [0.15, 0.2) is 21.1 Å². The molecule has 0 heterocycles. The molecule has 0 aliphatic heterocycles. The number of halogens is 2. The Morgan fingerprint density at radius 3 is 2.30 bits per heavy atom. The number of benzene rings is 1. The number of ether oxygens (including phenoxy) is 2. The van der Waals surface area contributed by atoms with Crippen LogP contribution in [0.5, 0.6) is 5.75 Å². The van der Waals surface area contributed by atoms with E-state index in [0.717, 1.165) is 20.9 Å². The Kier molecular flexibility index (Phi) is 6.99. The molecule has 2 atom stereocenters. The molecule has 2 N–H and O–H groups in total. The number of hydrogen-bond acceptors (Lipinski definition) is 4. The molecule has 4 nitrogen and oxygen atoms in total. The molecule has 6 heteroatoms. The van der Waals surface area contributed by atoms with E-state index in [9.17, 15) is 4.79 Å². The van der Waals surface area contributed by atoms with Crippen LogP contribution in [0.25, 0.3) is 0 Å². The Balaban J connectivity index is 2.88. The predicted octanol–water partition coefficient (Wildman–Crippen LogP) is 3.43. The molecule has 1 rings (SSSR count). The number of carbonyl (C=O) groups is 1. The molecule has 20 heavy (non-hydrogen) atoms. The highest BCUT2D eigenvalue weighted by Crippen LogP contribution is 2.35. The smallest absolute Gasteiger partial charge is 0.347 e. The van der Waals surface area contributed by atoms with Crippen molar-refractivity contribution in [3.63, 3.8) is 0 Å². The Morgan fingerprint density at radius 2 is 1.85 bits per heavy atom. The Bertz CT molecular complexity index is 454. The van der Waals surface area contributed by atoms with Crippen LogP contribution in [-0.2, 0) is 16.0 Å². The van der Waals surface area contributed by atoms with E-state index >= 15 is 0 Å². The van der Waals surface area contributed by atoms with E-state index in [1.165, 1.54) is 0 Å².